The van der Waals surface area contributed by atoms with E-state index >= 15 is 0 Å². The number of hydrogen-bond donors (Lipinski definition) is 1. The smallest absolute Gasteiger partial charge is 0.246 e. The van der Waals surface area contributed by atoms with Crippen molar-refractivity contribution in [3.63, 3.8) is 0 Å². The van der Waals surface area contributed by atoms with E-state index in [4.69, 9.17) is 6.42 Å². The van der Waals surface area contributed by atoms with Gasteiger partial charge in [0, 0.05) is 12.3 Å². The van der Waals surface area contributed by atoms with Crippen LogP contribution in [0.4, 0.5) is 0 Å². The first kappa shape index (κ1) is 16.2. The maximum atomic E-state index is 12.7. The van der Waals surface area contributed by atoms with Crippen molar-refractivity contribution in [1.82, 2.24) is 10.2 Å². The fraction of sp³-hybridized carbons (Fsp3) is 0.750. The van der Waals surface area contributed by atoms with Gasteiger partial charge in [0.15, 0.2) is 0 Å². The van der Waals surface area contributed by atoms with Crippen molar-refractivity contribution in [3.05, 3.63) is 0 Å². The van der Waals surface area contributed by atoms with Crippen molar-refractivity contribution >= 4 is 23.6 Å². The van der Waals surface area contributed by atoms with Crippen LogP contribution < -0.4 is 5.32 Å². The Kier molecular flexibility index (Phi) is 5.98. The van der Waals surface area contributed by atoms with Gasteiger partial charge in [0.25, 0.3) is 0 Å². The zero-order chi connectivity index (χ0) is 15.2. The summed E-state index contributed by atoms with van der Waals surface area (Å²) >= 11 is 1.63. The lowest BCUT2D eigenvalue weighted by Crippen LogP contribution is -2.64. The lowest BCUT2D eigenvalue weighted by atomic mass is 9.82. The lowest BCUT2D eigenvalue weighted by molar-refractivity contribution is -0.150. The van der Waals surface area contributed by atoms with Crippen LogP contribution in [-0.2, 0) is 9.59 Å². The molecule has 0 aromatic heterocycles. The van der Waals surface area contributed by atoms with Gasteiger partial charge in [-0.2, -0.15) is 0 Å². The number of carbonyl (C=O) groups excluding carboxylic acids is 2. The van der Waals surface area contributed by atoms with Gasteiger partial charge in [-0.1, -0.05) is 25.2 Å². The molecule has 2 fully saturated rings. The van der Waals surface area contributed by atoms with Crippen molar-refractivity contribution in [1.29, 1.82) is 0 Å². The monoisotopic (exact) mass is 308 g/mol. The molecule has 1 N–H and O–H groups in total. The fourth-order valence-electron chi connectivity index (χ4n) is 3.23. The highest BCUT2D eigenvalue weighted by atomic mass is 32.2. The predicted octanol–water partition coefficient (Wildman–Crippen LogP) is 1.65. The van der Waals surface area contributed by atoms with Crippen LogP contribution in [0.15, 0.2) is 0 Å². The largest absolute Gasteiger partial charge is 0.342 e. The number of hydrogen-bond acceptors (Lipinski definition) is 3. The number of carbonyl (C=O) groups is 2. The second-order valence-corrected chi connectivity index (χ2v) is 6.95. The molecule has 0 radical (unpaired) electrons. The summed E-state index contributed by atoms with van der Waals surface area (Å²) in [7, 11) is 0. The third kappa shape index (κ3) is 3.94. The molecule has 2 unspecified atom stereocenters. The number of nitrogens with zero attached hydrogens (tertiary/aromatic N) is 1. The zero-order valence-corrected chi connectivity index (χ0v) is 13.5. The van der Waals surface area contributed by atoms with Gasteiger partial charge in [0.1, 0.15) is 12.1 Å². The summed E-state index contributed by atoms with van der Waals surface area (Å²) in [5, 5.41) is 2.95. The first-order chi connectivity index (χ1) is 10.1. The van der Waals surface area contributed by atoms with Crippen LogP contribution in [0.5, 0.6) is 0 Å². The van der Waals surface area contributed by atoms with Gasteiger partial charge in [-0.15, -0.1) is 18.2 Å². The van der Waals surface area contributed by atoms with Crippen molar-refractivity contribution in [2.75, 3.05) is 18.1 Å². The van der Waals surface area contributed by atoms with Crippen molar-refractivity contribution in [2.45, 2.75) is 51.1 Å². The molecule has 2 aliphatic rings. The van der Waals surface area contributed by atoms with Crippen LogP contribution in [-0.4, -0.2) is 46.8 Å². The molecule has 0 aromatic rings. The zero-order valence-electron chi connectivity index (χ0n) is 12.6. The van der Waals surface area contributed by atoms with E-state index in [1.807, 2.05) is 0 Å². The second kappa shape index (κ2) is 7.74. The molecule has 4 nitrogen and oxygen atoms in total. The van der Waals surface area contributed by atoms with E-state index in [0.717, 1.165) is 31.4 Å². The van der Waals surface area contributed by atoms with E-state index in [1.54, 1.807) is 23.6 Å². The highest BCUT2D eigenvalue weighted by molar-refractivity contribution is 7.99. The average Bonchev–Trinajstić information content (AvgIpc) is 2.51. The molecule has 0 spiro atoms. The molecule has 1 saturated carbocycles. The number of amides is 2. The third-order valence-corrected chi connectivity index (χ3v) is 5.32. The summed E-state index contributed by atoms with van der Waals surface area (Å²) in [6.45, 7) is 2.40. The van der Waals surface area contributed by atoms with E-state index in [2.05, 4.69) is 11.2 Å². The molecule has 1 aliphatic heterocycles. The van der Waals surface area contributed by atoms with Gasteiger partial charge in [0.2, 0.25) is 11.8 Å². The number of thioether (sulfide) groups is 1. The first-order valence-electron chi connectivity index (χ1n) is 7.77. The topological polar surface area (TPSA) is 49.4 Å². The van der Waals surface area contributed by atoms with Crippen molar-refractivity contribution in [3.8, 4) is 12.3 Å². The minimum Gasteiger partial charge on any atom is -0.342 e. The Morgan fingerprint density at radius 1 is 1.33 bits per heavy atom. The lowest BCUT2D eigenvalue weighted by Gasteiger charge is -2.41. The summed E-state index contributed by atoms with van der Waals surface area (Å²) < 4.78 is 0. The fourth-order valence-corrected chi connectivity index (χ4v) is 3.82. The Balaban J connectivity index is 1.99. The Morgan fingerprint density at radius 2 is 2.05 bits per heavy atom. The van der Waals surface area contributed by atoms with E-state index < -0.39 is 0 Å². The van der Waals surface area contributed by atoms with E-state index in [0.29, 0.717) is 18.2 Å². The normalized spacial score (nSPS) is 27.3. The van der Waals surface area contributed by atoms with Gasteiger partial charge >= 0.3 is 0 Å². The average molecular weight is 308 g/mol. The van der Waals surface area contributed by atoms with Crippen LogP contribution >= 0.6 is 11.8 Å². The maximum Gasteiger partial charge on any atom is 0.246 e. The SMILES string of the molecule is C#CCSCCN1C(=O)C(C2CCCCC2)NC(=O)C1C. The van der Waals surface area contributed by atoms with Crippen LogP contribution in [0.3, 0.4) is 0 Å². The molecule has 2 amide bonds. The minimum absolute atomic E-state index is 0.0212. The molecule has 1 saturated heterocycles. The van der Waals surface area contributed by atoms with Gasteiger partial charge in [-0.05, 0) is 25.7 Å². The molecule has 116 valence electrons. The maximum absolute atomic E-state index is 12.7. The van der Waals surface area contributed by atoms with Crippen molar-refractivity contribution < 1.29 is 9.59 Å². The standard InChI is InChI=1S/C16H24N2O2S/c1-3-10-21-11-9-18-12(2)15(19)17-14(16(18)20)13-7-5-4-6-8-13/h1,12-14H,4-11H2,2H3,(H,17,19). The van der Waals surface area contributed by atoms with Gasteiger partial charge < -0.3 is 10.2 Å². The molecule has 21 heavy (non-hydrogen) atoms. The highest BCUT2D eigenvalue weighted by Crippen LogP contribution is 2.29. The van der Waals surface area contributed by atoms with Gasteiger partial charge in [-0.3, -0.25) is 9.59 Å². The number of nitrogens with one attached hydrogen (secondary N) is 1. The Labute approximate surface area is 131 Å². The molecule has 2 rings (SSSR count). The molecule has 2 atom stereocenters. The van der Waals surface area contributed by atoms with Crippen LogP contribution in [0, 0.1) is 18.3 Å². The Morgan fingerprint density at radius 3 is 2.71 bits per heavy atom. The second-order valence-electron chi connectivity index (χ2n) is 5.85. The number of piperazine rings is 1. The highest BCUT2D eigenvalue weighted by Gasteiger charge is 2.41. The van der Waals surface area contributed by atoms with E-state index in [1.165, 1.54) is 6.42 Å². The van der Waals surface area contributed by atoms with Crippen LogP contribution in [0.25, 0.3) is 0 Å². The summed E-state index contributed by atoms with van der Waals surface area (Å²) in [5.74, 6) is 4.39. The molecule has 1 aliphatic carbocycles. The summed E-state index contributed by atoms with van der Waals surface area (Å²) in [6.07, 6.45) is 10.9. The molecular formula is C16H24N2O2S. The molecular weight excluding hydrogens is 284 g/mol. The summed E-state index contributed by atoms with van der Waals surface area (Å²) in [5.41, 5.74) is 0. The predicted molar refractivity (Wildman–Crippen MR) is 85.8 cm³/mol. The minimum atomic E-state index is -0.372. The summed E-state index contributed by atoms with van der Waals surface area (Å²) in [6, 6.07) is -0.685. The molecule has 0 aromatic carbocycles. The molecule has 5 heteroatoms. The van der Waals surface area contributed by atoms with Crippen LogP contribution in [0.1, 0.15) is 39.0 Å². The summed E-state index contributed by atoms with van der Waals surface area (Å²) in [4.78, 5) is 26.6. The first-order valence-corrected chi connectivity index (χ1v) is 8.92. The third-order valence-electron chi connectivity index (χ3n) is 4.48. The molecule has 1 heterocycles. The van der Waals surface area contributed by atoms with E-state index in [9.17, 15) is 9.59 Å². The quantitative estimate of drug-likeness (QED) is 0.620. The number of terminal acetylenes is 1. The molecule has 0 bridgehead atoms. The number of rotatable bonds is 5. The van der Waals surface area contributed by atoms with E-state index in [-0.39, 0.29) is 23.9 Å². The Hall–Kier alpha value is -1.15. The van der Waals surface area contributed by atoms with Crippen molar-refractivity contribution in [2.24, 2.45) is 5.92 Å². The Bertz CT molecular complexity index is 426. The van der Waals surface area contributed by atoms with Gasteiger partial charge in [0.05, 0.1) is 5.75 Å². The van der Waals surface area contributed by atoms with Crippen LogP contribution in [0.2, 0.25) is 0 Å². The van der Waals surface area contributed by atoms with Gasteiger partial charge in [-0.25, -0.2) is 0 Å².